The topological polar surface area (TPSA) is 20.2 Å². The zero-order valence-electron chi connectivity index (χ0n) is 19.6. The van der Waals surface area contributed by atoms with E-state index >= 15 is 0 Å². The number of fused-ring (bicyclic) bond motifs is 9. The third-order valence-electron chi connectivity index (χ3n) is 8.61. The molecule has 0 spiro atoms. The van der Waals surface area contributed by atoms with Gasteiger partial charge in [-0.1, -0.05) is 74.5 Å². The van der Waals surface area contributed by atoms with Crippen molar-refractivity contribution < 1.29 is 0 Å². The van der Waals surface area contributed by atoms with Crippen LogP contribution in [0.5, 0.6) is 0 Å². The Labute approximate surface area is 201 Å². The van der Waals surface area contributed by atoms with Crippen molar-refractivity contribution in [3.05, 3.63) is 102 Å². The van der Waals surface area contributed by atoms with Crippen molar-refractivity contribution in [3.8, 4) is 11.1 Å². The van der Waals surface area contributed by atoms with Gasteiger partial charge in [-0.15, -0.1) is 0 Å². The highest BCUT2D eigenvalue weighted by Gasteiger charge is 2.38. The average molecular weight is 447 g/mol. The van der Waals surface area contributed by atoms with E-state index < -0.39 is 0 Å². The summed E-state index contributed by atoms with van der Waals surface area (Å²) in [6, 6.07) is 33.8. The number of hydrogen-bond donors (Lipinski definition) is 1. The molecule has 0 bridgehead atoms. The van der Waals surface area contributed by atoms with Crippen molar-refractivity contribution in [2.24, 2.45) is 0 Å². The summed E-state index contributed by atoms with van der Waals surface area (Å²) in [5.74, 6) is 0. The average Bonchev–Trinajstić information content (AvgIpc) is 3.46. The molecule has 164 valence electrons. The minimum absolute atomic E-state index is 0.0924. The van der Waals surface area contributed by atoms with Crippen molar-refractivity contribution >= 4 is 59.9 Å². The summed E-state index contributed by atoms with van der Waals surface area (Å²) in [6.07, 6.45) is 0. The maximum Gasteiger partial charge on any atom is 0.0623 e. The van der Waals surface area contributed by atoms with E-state index in [1.807, 2.05) is 0 Å². The van der Waals surface area contributed by atoms with Gasteiger partial charge in [0.2, 0.25) is 0 Å². The van der Waals surface area contributed by atoms with E-state index in [0.717, 1.165) is 0 Å². The zero-order valence-corrected chi connectivity index (χ0v) is 19.6. The minimum Gasteiger partial charge on any atom is -0.354 e. The third kappa shape index (κ3) is 1.89. The number of aromatic nitrogens is 2. The summed E-state index contributed by atoms with van der Waals surface area (Å²) < 4.78 is 2.54. The summed E-state index contributed by atoms with van der Waals surface area (Å²) in [4.78, 5) is 3.72. The fraction of sp³-hybridized carbons (Fsp3) is 0.0909. The second kappa shape index (κ2) is 5.67. The summed E-state index contributed by atoms with van der Waals surface area (Å²) in [5.41, 5.74) is 11.8. The van der Waals surface area contributed by atoms with Crippen molar-refractivity contribution in [1.82, 2.24) is 9.38 Å². The van der Waals surface area contributed by atoms with Crippen LogP contribution in [0.25, 0.3) is 71.0 Å². The van der Waals surface area contributed by atoms with E-state index in [1.54, 1.807) is 0 Å². The van der Waals surface area contributed by atoms with Crippen LogP contribution in [0.15, 0.2) is 91.0 Å². The lowest BCUT2D eigenvalue weighted by atomic mass is 9.80. The number of nitrogens with one attached hydrogen (secondary N) is 1. The number of nitrogens with zero attached hydrogens (tertiary/aromatic N) is 1. The molecule has 1 N–H and O–H groups in total. The Balaban J connectivity index is 1.75. The molecular formula is C33H22N2. The summed E-state index contributed by atoms with van der Waals surface area (Å²) >= 11 is 0. The SMILES string of the molecule is CC1(C)c2ccccc2-c2cc3c4ccccc4n4c5cccc6[nH]c7cccc(c(c21)c34)c7c65. The fourth-order valence-corrected chi connectivity index (χ4v) is 7.27. The number of para-hydroxylation sites is 1. The van der Waals surface area contributed by atoms with Crippen LogP contribution in [0.1, 0.15) is 25.0 Å². The molecule has 5 aromatic carbocycles. The monoisotopic (exact) mass is 446 g/mol. The molecule has 0 saturated carbocycles. The molecule has 8 aromatic rings. The normalized spacial score (nSPS) is 14.8. The Bertz CT molecular complexity index is 2190. The quantitative estimate of drug-likeness (QED) is 0.240. The van der Waals surface area contributed by atoms with Gasteiger partial charge in [0.1, 0.15) is 0 Å². The second-order valence-electron chi connectivity index (χ2n) is 10.6. The minimum atomic E-state index is -0.0924. The van der Waals surface area contributed by atoms with E-state index in [1.165, 1.54) is 82.2 Å². The van der Waals surface area contributed by atoms with Crippen LogP contribution in [0.2, 0.25) is 0 Å². The van der Waals surface area contributed by atoms with Crippen LogP contribution >= 0.6 is 0 Å². The standard InChI is InChI=1S/C33H22N2/c1-33(2)23-12-5-3-9-18(23)21-17-22-19-10-4-6-15-26(19)35-27-16-8-14-25-30(27)28-20(11-7-13-24(28)34-25)29(31(21)33)32(22)35/h3-17,34H,1-2H3. The van der Waals surface area contributed by atoms with E-state index in [0.29, 0.717) is 0 Å². The zero-order chi connectivity index (χ0) is 23.1. The molecular weight excluding hydrogens is 424 g/mol. The molecule has 0 atom stereocenters. The summed E-state index contributed by atoms with van der Waals surface area (Å²) in [6.45, 7) is 4.80. The van der Waals surface area contributed by atoms with Crippen molar-refractivity contribution in [2.75, 3.05) is 0 Å². The Morgan fingerprint density at radius 2 is 1.31 bits per heavy atom. The smallest absolute Gasteiger partial charge is 0.0623 e. The maximum absolute atomic E-state index is 3.72. The summed E-state index contributed by atoms with van der Waals surface area (Å²) in [7, 11) is 0. The van der Waals surface area contributed by atoms with Gasteiger partial charge in [-0.25, -0.2) is 0 Å². The Kier molecular flexibility index (Phi) is 2.93. The molecule has 3 heterocycles. The number of rotatable bonds is 0. The van der Waals surface area contributed by atoms with Gasteiger partial charge in [-0.2, -0.15) is 0 Å². The fourth-order valence-electron chi connectivity index (χ4n) is 7.27. The van der Waals surface area contributed by atoms with Crippen molar-refractivity contribution in [2.45, 2.75) is 19.3 Å². The van der Waals surface area contributed by atoms with Gasteiger partial charge in [0, 0.05) is 43.4 Å². The van der Waals surface area contributed by atoms with Crippen molar-refractivity contribution in [3.63, 3.8) is 0 Å². The highest BCUT2D eigenvalue weighted by atomic mass is 14.9. The van der Waals surface area contributed by atoms with Crippen molar-refractivity contribution in [1.29, 1.82) is 0 Å². The molecule has 0 aliphatic heterocycles. The first-order chi connectivity index (χ1) is 17.1. The van der Waals surface area contributed by atoms with E-state index in [9.17, 15) is 0 Å². The van der Waals surface area contributed by atoms with Crippen LogP contribution in [-0.4, -0.2) is 9.38 Å². The lowest BCUT2D eigenvalue weighted by Crippen LogP contribution is -2.15. The highest BCUT2D eigenvalue weighted by molar-refractivity contribution is 6.32. The number of H-pyrrole nitrogens is 1. The third-order valence-corrected chi connectivity index (χ3v) is 8.61. The van der Waals surface area contributed by atoms with Crippen LogP contribution in [0.3, 0.4) is 0 Å². The molecule has 35 heavy (non-hydrogen) atoms. The van der Waals surface area contributed by atoms with Gasteiger partial charge in [0.25, 0.3) is 0 Å². The van der Waals surface area contributed by atoms with E-state index in [2.05, 4.69) is 114 Å². The van der Waals surface area contributed by atoms with Crippen LogP contribution in [-0.2, 0) is 5.41 Å². The predicted octanol–water partition coefficient (Wildman–Crippen LogP) is 8.78. The molecule has 0 unspecified atom stereocenters. The lowest BCUT2D eigenvalue weighted by molar-refractivity contribution is 0.666. The van der Waals surface area contributed by atoms with Gasteiger partial charge in [-0.05, 0) is 58.0 Å². The molecule has 1 aliphatic rings. The van der Waals surface area contributed by atoms with Crippen LogP contribution in [0, 0.1) is 0 Å². The highest BCUT2D eigenvalue weighted by Crippen LogP contribution is 2.55. The molecule has 9 rings (SSSR count). The van der Waals surface area contributed by atoms with Gasteiger partial charge in [-0.3, -0.25) is 0 Å². The van der Waals surface area contributed by atoms with Gasteiger partial charge >= 0.3 is 0 Å². The maximum atomic E-state index is 3.72. The van der Waals surface area contributed by atoms with Crippen LogP contribution in [0.4, 0.5) is 0 Å². The second-order valence-corrected chi connectivity index (χ2v) is 10.6. The predicted molar refractivity (Wildman–Crippen MR) is 148 cm³/mol. The van der Waals surface area contributed by atoms with E-state index in [-0.39, 0.29) is 5.41 Å². The van der Waals surface area contributed by atoms with E-state index in [4.69, 9.17) is 0 Å². The lowest BCUT2D eigenvalue weighted by Gasteiger charge is -2.23. The van der Waals surface area contributed by atoms with Gasteiger partial charge in [0.15, 0.2) is 0 Å². The molecule has 3 aromatic heterocycles. The molecule has 0 fully saturated rings. The summed E-state index contributed by atoms with van der Waals surface area (Å²) in [5, 5.41) is 8.04. The molecule has 2 nitrogen and oxygen atoms in total. The number of aromatic amines is 1. The van der Waals surface area contributed by atoms with Crippen LogP contribution < -0.4 is 0 Å². The molecule has 1 aliphatic carbocycles. The Hall–Kier alpha value is -4.30. The Morgan fingerprint density at radius 3 is 2.23 bits per heavy atom. The molecule has 0 saturated heterocycles. The molecule has 2 heteroatoms. The first-order valence-corrected chi connectivity index (χ1v) is 12.4. The first kappa shape index (κ1) is 18.1. The molecule has 0 radical (unpaired) electrons. The number of benzene rings is 5. The van der Waals surface area contributed by atoms with Gasteiger partial charge in [0.05, 0.1) is 16.6 Å². The van der Waals surface area contributed by atoms with Gasteiger partial charge < -0.3 is 9.38 Å². The Morgan fingerprint density at radius 1 is 0.600 bits per heavy atom. The largest absolute Gasteiger partial charge is 0.354 e. The number of hydrogen-bond acceptors (Lipinski definition) is 0. The first-order valence-electron chi connectivity index (χ1n) is 12.4. The molecule has 0 amide bonds.